The first-order valence-corrected chi connectivity index (χ1v) is 19.4. The number of benzene rings is 6. The third-order valence-electron chi connectivity index (χ3n) is 11.4. The van der Waals surface area contributed by atoms with Crippen molar-refractivity contribution >= 4 is 17.1 Å². The maximum atomic E-state index is 2.50. The highest BCUT2D eigenvalue weighted by molar-refractivity contribution is 5.95. The molecule has 0 heterocycles. The van der Waals surface area contributed by atoms with Crippen molar-refractivity contribution in [2.24, 2.45) is 0 Å². The monoisotopic (exact) mass is 695 g/mol. The van der Waals surface area contributed by atoms with Crippen molar-refractivity contribution in [3.63, 3.8) is 0 Å². The van der Waals surface area contributed by atoms with E-state index in [0.717, 1.165) is 11.4 Å². The predicted molar refractivity (Wildman–Crippen MR) is 230 cm³/mol. The van der Waals surface area contributed by atoms with Crippen molar-refractivity contribution in [3.05, 3.63) is 161 Å². The third-order valence-corrected chi connectivity index (χ3v) is 11.4. The van der Waals surface area contributed by atoms with Crippen LogP contribution in [0.2, 0.25) is 0 Å². The highest BCUT2D eigenvalue weighted by Gasteiger charge is 2.39. The van der Waals surface area contributed by atoms with E-state index < -0.39 is 0 Å². The molecular formula is C52H57N. The second kappa shape index (κ2) is 12.9. The maximum Gasteiger partial charge on any atom is 0.0543 e. The van der Waals surface area contributed by atoms with E-state index in [1.807, 2.05) is 0 Å². The van der Waals surface area contributed by atoms with E-state index in [0.29, 0.717) is 0 Å². The van der Waals surface area contributed by atoms with Crippen molar-refractivity contribution < 1.29 is 0 Å². The van der Waals surface area contributed by atoms with Crippen LogP contribution in [0, 0.1) is 6.92 Å². The van der Waals surface area contributed by atoms with E-state index in [1.54, 1.807) is 0 Å². The minimum atomic E-state index is -0.121. The molecule has 0 unspecified atom stereocenters. The summed E-state index contributed by atoms with van der Waals surface area (Å²) < 4.78 is 0. The highest BCUT2D eigenvalue weighted by Crippen LogP contribution is 2.55. The van der Waals surface area contributed by atoms with Gasteiger partial charge in [0.15, 0.2) is 0 Å². The summed E-state index contributed by atoms with van der Waals surface area (Å²) in [4.78, 5) is 2.47. The lowest BCUT2D eigenvalue weighted by Gasteiger charge is -2.29. The standard InChI is InChI=1S/C52H57N/c1-34-29-43-46(33-45(34)51(8,9)10)52(11,12)44-19-16-20-47(48(43)44)53(41-25-21-36(22-26-41)35-17-14-13-15-18-35)42-27-23-37(24-28-42)38-30-39(49(2,3)4)32-40(31-38)50(5,6)7/h13-33H,1-12H3. The van der Waals surface area contributed by atoms with Crippen LogP contribution >= 0.6 is 0 Å². The number of hydrogen-bond donors (Lipinski definition) is 0. The number of fused-ring (bicyclic) bond motifs is 3. The first-order valence-electron chi connectivity index (χ1n) is 19.4. The average Bonchev–Trinajstić information content (AvgIpc) is 3.33. The van der Waals surface area contributed by atoms with Gasteiger partial charge in [0, 0.05) is 22.4 Å². The lowest BCUT2D eigenvalue weighted by Crippen LogP contribution is -2.18. The molecule has 6 aromatic rings. The number of rotatable bonds is 5. The molecule has 0 saturated heterocycles. The summed E-state index contributed by atoms with van der Waals surface area (Å²) in [6.45, 7) is 27.9. The second-order valence-corrected chi connectivity index (χ2v) is 18.9. The molecule has 0 saturated carbocycles. The summed E-state index contributed by atoms with van der Waals surface area (Å²) >= 11 is 0. The van der Waals surface area contributed by atoms with Gasteiger partial charge in [-0.2, -0.15) is 0 Å². The zero-order valence-electron chi connectivity index (χ0n) is 34.1. The average molecular weight is 696 g/mol. The summed E-state index contributed by atoms with van der Waals surface area (Å²) in [5, 5.41) is 0. The van der Waals surface area contributed by atoms with E-state index >= 15 is 0 Å². The first-order chi connectivity index (χ1) is 24.8. The Morgan fingerprint density at radius 3 is 1.47 bits per heavy atom. The SMILES string of the molecule is Cc1cc2c(cc1C(C)(C)C)C(C)(C)c1cccc(N(c3ccc(-c4ccccc4)cc3)c3ccc(-c4cc(C(C)(C)C)cc(C(C)(C)C)c4)cc3)c1-2. The van der Waals surface area contributed by atoms with Crippen LogP contribution < -0.4 is 4.90 Å². The van der Waals surface area contributed by atoms with Gasteiger partial charge in [-0.25, -0.2) is 0 Å². The summed E-state index contributed by atoms with van der Waals surface area (Å²) in [5.41, 5.74) is 19.5. The summed E-state index contributed by atoms with van der Waals surface area (Å²) in [6, 6.07) is 48.1. The van der Waals surface area contributed by atoms with Crippen LogP contribution in [0.15, 0.2) is 127 Å². The fourth-order valence-corrected chi connectivity index (χ4v) is 8.24. The molecule has 0 fully saturated rings. The summed E-state index contributed by atoms with van der Waals surface area (Å²) in [7, 11) is 0. The first kappa shape index (κ1) is 36.5. The predicted octanol–water partition coefficient (Wildman–Crippen LogP) is 15.0. The molecule has 0 aliphatic heterocycles. The van der Waals surface area contributed by atoms with Crippen molar-refractivity contribution in [1.29, 1.82) is 0 Å². The Morgan fingerprint density at radius 1 is 0.453 bits per heavy atom. The summed E-state index contributed by atoms with van der Waals surface area (Å²) in [5.74, 6) is 0. The number of nitrogens with zero attached hydrogens (tertiary/aromatic N) is 1. The molecule has 0 N–H and O–H groups in total. The molecule has 0 bridgehead atoms. The Kier molecular flexibility index (Phi) is 8.88. The van der Waals surface area contributed by atoms with Gasteiger partial charge in [0.05, 0.1) is 5.69 Å². The van der Waals surface area contributed by atoms with Gasteiger partial charge in [-0.1, -0.05) is 173 Å². The molecule has 0 amide bonds. The van der Waals surface area contributed by atoms with Gasteiger partial charge in [-0.15, -0.1) is 0 Å². The van der Waals surface area contributed by atoms with Crippen LogP contribution in [0.4, 0.5) is 17.1 Å². The smallest absolute Gasteiger partial charge is 0.0543 e. The zero-order chi connectivity index (χ0) is 38.1. The van der Waals surface area contributed by atoms with Gasteiger partial charge in [0.25, 0.3) is 0 Å². The molecule has 1 nitrogen and oxygen atoms in total. The maximum absolute atomic E-state index is 2.50. The Hall–Kier alpha value is -4.88. The largest absolute Gasteiger partial charge is 0.310 e. The molecule has 1 aliphatic carbocycles. The van der Waals surface area contributed by atoms with Crippen molar-refractivity contribution in [3.8, 4) is 33.4 Å². The van der Waals surface area contributed by atoms with Gasteiger partial charge in [0.1, 0.15) is 0 Å². The summed E-state index contributed by atoms with van der Waals surface area (Å²) in [6.07, 6.45) is 0. The molecule has 0 atom stereocenters. The van der Waals surface area contributed by atoms with E-state index in [4.69, 9.17) is 0 Å². The molecule has 53 heavy (non-hydrogen) atoms. The van der Waals surface area contributed by atoms with Crippen LogP contribution in [-0.4, -0.2) is 0 Å². The van der Waals surface area contributed by atoms with Gasteiger partial charge in [-0.3, -0.25) is 0 Å². The molecule has 1 aliphatic rings. The van der Waals surface area contributed by atoms with E-state index in [1.165, 1.54) is 72.4 Å². The van der Waals surface area contributed by atoms with Gasteiger partial charge in [-0.05, 0) is 115 Å². The normalized spacial score (nSPS) is 13.8. The molecule has 0 aromatic heterocycles. The minimum absolute atomic E-state index is 0.0580. The second-order valence-electron chi connectivity index (χ2n) is 18.9. The number of anilines is 3. The highest BCUT2D eigenvalue weighted by atomic mass is 15.1. The Balaban J connectivity index is 1.41. The molecular weight excluding hydrogens is 639 g/mol. The van der Waals surface area contributed by atoms with Crippen molar-refractivity contribution in [2.75, 3.05) is 4.90 Å². The van der Waals surface area contributed by atoms with Crippen LogP contribution in [0.5, 0.6) is 0 Å². The van der Waals surface area contributed by atoms with E-state index in [9.17, 15) is 0 Å². The van der Waals surface area contributed by atoms with Gasteiger partial charge < -0.3 is 4.90 Å². The quantitative estimate of drug-likeness (QED) is 0.174. The number of hydrogen-bond acceptors (Lipinski definition) is 1. The molecule has 6 aromatic carbocycles. The fraction of sp³-hybridized carbons (Fsp3) is 0.308. The third kappa shape index (κ3) is 6.76. The van der Waals surface area contributed by atoms with Crippen LogP contribution in [0.1, 0.15) is 110 Å². The van der Waals surface area contributed by atoms with Gasteiger partial charge >= 0.3 is 0 Å². The van der Waals surface area contributed by atoms with Gasteiger partial charge in [0.2, 0.25) is 0 Å². The molecule has 270 valence electrons. The molecule has 7 rings (SSSR count). The zero-order valence-corrected chi connectivity index (χ0v) is 34.1. The van der Waals surface area contributed by atoms with Crippen LogP contribution in [0.25, 0.3) is 33.4 Å². The molecule has 1 heteroatoms. The lowest BCUT2D eigenvalue weighted by molar-refractivity contribution is 0.569. The van der Waals surface area contributed by atoms with Crippen LogP contribution in [-0.2, 0) is 21.7 Å². The molecule has 0 spiro atoms. The Morgan fingerprint density at radius 2 is 0.962 bits per heavy atom. The van der Waals surface area contributed by atoms with Crippen LogP contribution in [0.3, 0.4) is 0 Å². The van der Waals surface area contributed by atoms with Crippen molar-refractivity contribution in [1.82, 2.24) is 0 Å². The Labute approximate surface area is 319 Å². The number of aryl methyl sites for hydroxylation is 1. The minimum Gasteiger partial charge on any atom is -0.310 e. The topological polar surface area (TPSA) is 3.24 Å². The van der Waals surface area contributed by atoms with Crippen molar-refractivity contribution in [2.45, 2.75) is 105 Å². The fourth-order valence-electron chi connectivity index (χ4n) is 8.24. The van der Waals surface area contributed by atoms with E-state index in [2.05, 4.69) is 215 Å². The lowest BCUT2D eigenvalue weighted by atomic mass is 9.77. The molecule has 0 radical (unpaired) electrons. The van der Waals surface area contributed by atoms with E-state index in [-0.39, 0.29) is 21.7 Å². The Bertz CT molecular complexity index is 2250.